The Kier molecular flexibility index (Phi) is 5.32. The molecule has 1 nitrogen and oxygen atoms in total. The summed E-state index contributed by atoms with van der Waals surface area (Å²) in [5.74, 6) is 0. The van der Waals surface area contributed by atoms with E-state index in [1.807, 2.05) is 0 Å². The zero-order valence-corrected chi connectivity index (χ0v) is 16.5. The van der Waals surface area contributed by atoms with Crippen LogP contribution in [0, 0.1) is 5.41 Å². The zero-order chi connectivity index (χ0) is 17.9. The van der Waals surface area contributed by atoms with Gasteiger partial charge in [-0.2, -0.15) is 4.57 Å². The summed E-state index contributed by atoms with van der Waals surface area (Å²) in [4.78, 5) is 0. The van der Waals surface area contributed by atoms with E-state index < -0.39 is 0 Å². The molecule has 2 atom stereocenters. The smallest absolute Gasteiger partial charge is 0.192 e. The van der Waals surface area contributed by atoms with Crippen LogP contribution in [0.4, 0.5) is 0 Å². The van der Waals surface area contributed by atoms with Gasteiger partial charge in [0.15, 0.2) is 11.7 Å². The fraction of sp³-hybridized carbons (Fsp3) is 0.542. The van der Waals surface area contributed by atoms with Crippen molar-refractivity contribution in [3.8, 4) is 11.3 Å². The highest BCUT2D eigenvalue weighted by molar-refractivity contribution is 5.56. The van der Waals surface area contributed by atoms with Crippen LogP contribution in [0.25, 0.3) is 11.3 Å². The average molecular weight is 337 g/mol. The highest BCUT2D eigenvalue weighted by Crippen LogP contribution is 2.56. The molecule has 1 aromatic carbocycles. The quantitative estimate of drug-likeness (QED) is 0.522. The van der Waals surface area contributed by atoms with E-state index in [1.54, 1.807) is 0 Å². The third kappa shape index (κ3) is 3.03. The van der Waals surface area contributed by atoms with Gasteiger partial charge in [-0.15, -0.1) is 0 Å². The van der Waals surface area contributed by atoms with Crippen molar-refractivity contribution in [2.45, 2.75) is 78.2 Å². The largest absolute Gasteiger partial charge is 0.213 e. The molecule has 1 saturated carbocycles. The molecule has 1 fully saturated rings. The first-order valence-corrected chi connectivity index (χ1v) is 10.2. The van der Waals surface area contributed by atoms with Crippen molar-refractivity contribution < 1.29 is 4.57 Å². The maximum absolute atomic E-state index is 2.63. The first-order chi connectivity index (χ1) is 12.1. The van der Waals surface area contributed by atoms with Crippen LogP contribution in [0.15, 0.2) is 48.7 Å². The van der Waals surface area contributed by atoms with Gasteiger partial charge in [0.2, 0.25) is 5.69 Å². The first kappa shape index (κ1) is 18.2. The molecule has 2 unspecified atom stereocenters. The van der Waals surface area contributed by atoms with Crippen molar-refractivity contribution in [2.24, 2.45) is 5.41 Å². The summed E-state index contributed by atoms with van der Waals surface area (Å²) >= 11 is 0. The first-order valence-electron chi connectivity index (χ1n) is 10.2. The molecule has 0 N–H and O–H groups in total. The molecule has 0 radical (unpaired) electrons. The second-order valence-electron chi connectivity index (χ2n) is 8.06. The fourth-order valence-electron chi connectivity index (χ4n) is 4.82. The predicted molar refractivity (Wildman–Crippen MR) is 107 cm³/mol. The van der Waals surface area contributed by atoms with Crippen LogP contribution in [-0.4, -0.2) is 0 Å². The van der Waals surface area contributed by atoms with E-state index in [4.69, 9.17) is 0 Å². The van der Waals surface area contributed by atoms with Crippen molar-refractivity contribution in [1.82, 2.24) is 0 Å². The van der Waals surface area contributed by atoms with Crippen LogP contribution in [0.2, 0.25) is 0 Å². The summed E-state index contributed by atoms with van der Waals surface area (Å²) in [6, 6.07) is 15.8. The lowest BCUT2D eigenvalue weighted by Gasteiger charge is -2.53. The Morgan fingerprint density at radius 2 is 1.72 bits per heavy atom. The third-order valence-electron chi connectivity index (χ3n) is 6.95. The van der Waals surface area contributed by atoms with Gasteiger partial charge in [0.25, 0.3) is 0 Å². The van der Waals surface area contributed by atoms with E-state index in [2.05, 4.69) is 80.9 Å². The molecule has 0 saturated heterocycles. The molecular formula is C24H34N+. The number of benzene rings is 1. The fourth-order valence-corrected chi connectivity index (χ4v) is 4.82. The van der Waals surface area contributed by atoms with Gasteiger partial charge in [0.05, 0.1) is 0 Å². The SMILES string of the molecule is CCCCc1cc[n+](C2(CC)CCC2(C)CC)c(-c2ccccc2)c1. The second-order valence-corrected chi connectivity index (χ2v) is 8.06. The zero-order valence-electron chi connectivity index (χ0n) is 16.5. The molecule has 1 aromatic heterocycles. The van der Waals surface area contributed by atoms with Crippen molar-refractivity contribution in [3.63, 3.8) is 0 Å². The predicted octanol–water partition coefficient (Wildman–Crippen LogP) is 6.30. The molecule has 1 heteroatoms. The van der Waals surface area contributed by atoms with E-state index >= 15 is 0 Å². The van der Waals surface area contributed by atoms with Crippen LogP contribution in [-0.2, 0) is 12.0 Å². The molecule has 0 amide bonds. The van der Waals surface area contributed by atoms with Crippen molar-refractivity contribution in [1.29, 1.82) is 0 Å². The molecular weight excluding hydrogens is 302 g/mol. The number of nitrogens with zero attached hydrogens (tertiary/aromatic N) is 1. The number of pyridine rings is 1. The number of hydrogen-bond donors (Lipinski definition) is 0. The van der Waals surface area contributed by atoms with Crippen molar-refractivity contribution in [3.05, 3.63) is 54.2 Å². The van der Waals surface area contributed by atoms with E-state index in [0.717, 1.165) is 0 Å². The summed E-state index contributed by atoms with van der Waals surface area (Å²) < 4.78 is 2.63. The van der Waals surface area contributed by atoms with Gasteiger partial charge in [-0.25, -0.2) is 0 Å². The molecule has 134 valence electrons. The highest BCUT2D eigenvalue weighted by atomic mass is 15.1. The van der Waals surface area contributed by atoms with Gasteiger partial charge in [0, 0.05) is 36.0 Å². The Balaban J connectivity index is 2.13. The Bertz CT molecular complexity index is 697. The Morgan fingerprint density at radius 1 is 0.960 bits per heavy atom. The minimum atomic E-state index is 0.260. The van der Waals surface area contributed by atoms with Crippen LogP contribution >= 0.6 is 0 Å². The summed E-state index contributed by atoms with van der Waals surface area (Å²) in [6.07, 6.45) is 11.2. The van der Waals surface area contributed by atoms with Crippen LogP contribution in [0.5, 0.6) is 0 Å². The number of unbranched alkanes of at least 4 members (excludes halogenated alkanes) is 1. The normalized spacial score (nSPS) is 25.6. The van der Waals surface area contributed by atoms with Gasteiger partial charge in [-0.05, 0) is 43.4 Å². The lowest BCUT2D eigenvalue weighted by Crippen LogP contribution is -2.70. The monoisotopic (exact) mass is 336 g/mol. The standard InChI is InChI=1S/C24H34N/c1-5-8-12-20-15-18-25(22(19-20)21-13-10-9-11-14-21)24(7-3)17-16-23(24,4)6-2/h9-11,13-15,18-19H,5-8,12,16-17H2,1-4H3/q+1. The molecule has 0 aliphatic heterocycles. The number of hydrogen-bond acceptors (Lipinski definition) is 0. The summed E-state index contributed by atoms with van der Waals surface area (Å²) in [5, 5.41) is 0. The number of aromatic nitrogens is 1. The van der Waals surface area contributed by atoms with Crippen LogP contribution in [0.1, 0.15) is 71.8 Å². The molecule has 1 aliphatic carbocycles. The van der Waals surface area contributed by atoms with Crippen molar-refractivity contribution in [2.75, 3.05) is 0 Å². The highest BCUT2D eigenvalue weighted by Gasteiger charge is 2.61. The molecule has 25 heavy (non-hydrogen) atoms. The van der Waals surface area contributed by atoms with Crippen molar-refractivity contribution >= 4 is 0 Å². The van der Waals surface area contributed by atoms with Gasteiger partial charge >= 0.3 is 0 Å². The van der Waals surface area contributed by atoms with E-state index in [-0.39, 0.29) is 5.54 Å². The maximum atomic E-state index is 2.63. The maximum Gasteiger partial charge on any atom is 0.213 e. The lowest BCUT2D eigenvalue weighted by atomic mass is 9.52. The summed E-state index contributed by atoms with van der Waals surface area (Å²) in [7, 11) is 0. The van der Waals surface area contributed by atoms with Crippen LogP contribution < -0.4 is 4.57 Å². The Morgan fingerprint density at radius 3 is 2.28 bits per heavy atom. The second kappa shape index (κ2) is 7.32. The summed E-state index contributed by atoms with van der Waals surface area (Å²) in [6.45, 7) is 9.50. The number of rotatable bonds is 7. The Labute approximate surface area is 154 Å². The third-order valence-corrected chi connectivity index (χ3v) is 6.95. The van der Waals surface area contributed by atoms with Gasteiger partial charge in [0.1, 0.15) is 0 Å². The molecule has 3 rings (SSSR count). The van der Waals surface area contributed by atoms with Gasteiger partial charge < -0.3 is 0 Å². The molecule has 0 bridgehead atoms. The average Bonchev–Trinajstić information content (AvgIpc) is 2.67. The topological polar surface area (TPSA) is 3.88 Å². The van der Waals surface area contributed by atoms with E-state index in [9.17, 15) is 0 Å². The molecule has 0 spiro atoms. The molecule has 2 aromatic rings. The molecule has 1 aliphatic rings. The Hall–Kier alpha value is -1.63. The lowest BCUT2D eigenvalue weighted by molar-refractivity contribution is -0.787. The van der Waals surface area contributed by atoms with E-state index in [0.29, 0.717) is 5.41 Å². The van der Waals surface area contributed by atoms with E-state index in [1.165, 1.54) is 61.8 Å². The number of aryl methyl sites for hydroxylation is 1. The minimum Gasteiger partial charge on any atom is -0.192 e. The molecule has 1 heterocycles. The van der Waals surface area contributed by atoms with Crippen LogP contribution in [0.3, 0.4) is 0 Å². The summed E-state index contributed by atoms with van der Waals surface area (Å²) in [5.41, 5.74) is 4.88. The minimum absolute atomic E-state index is 0.260. The van der Waals surface area contributed by atoms with Gasteiger partial charge in [-0.1, -0.05) is 52.3 Å². The van der Waals surface area contributed by atoms with Gasteiger partial charge in [-0.3, -0.25) is 0 Å².